The molecule has 1 aromatic carbocycles. The summed E-state index contributed by atoms with van der Waals surface area (Å²) in [5, 5.41) is 0. The highest BCUT2D eigenvalue weighted by molar-refractivity contribution is 6.00. The fourth-order valence-electron chi connectivity index (χ4n) is 3.39. The molecule has 3 rings (SSSR count). The van der Waals surface area contributed by atoms with Crippen molar-refractivity contribution in [2.75, 3.05) is 37.7 Å². The lowest BCUT2D eigenvalue weighted by Crippen LogP contribution is -2.39. The number of hydrogen-bond acceptors (Lipinski definition) is 3. The molecule has 0 N–H and O–H groups in total. The maximum absolute atomic E-state index is 12.7. The molecule has 0 aliphatic carbocycles. The zero-order valence-corrected chi connectivity index (χ0v) is 14.5. The summed E-state index contributed by atoms with van der Waals surface area (Å²) in [4.78, 5) is 28.7. The van der Waals surface area contributed by atoms with E-state index in [0.29, 0.717) is 38.6 Å². The van der Waals surface area contributed by atoms with E-state index in [1.807, 2.05) is 17.0 Å². The van der Waals surface area contributed by atoms with Gasteiger partial charge in [-0.05, 0) is 30.0 Å². The van der Waals surface area contributed by atoms with Crippen molar-refractivity contribution < 1.29 is 14.3 Å². The van der Waals surface area contributed by atoms with Crippen LogP contribution >= 0.6 is 0 Å². The smallest absolute Gasteiger partial charge is 0.228 e. The number of carbonyl (C=O) groups is 2. The van der Waals surface area contributed by atoms with Crippen molar-refractivity contribution >= 4 is 17.5 Å². The summed E-state index contributed by atoms with van der Waals surface area (Å²) >= 11 is 0. The third-order valence-corrected chi connectivity index (χ3v) is 4.88. The van der Waals surface area contributed by atoms with E-state index in [0.717, 1.165) is 18.7 Å². The molecule has 1 aromatic rings. The lowest BCUT2D eigenvalue weighted by atomic mass is 10.0. The molecular formula is C19H26N2O3. The van der Waals surface area contributed by atoms with Gasteiger partial charge in [0.2, 0.25) is 11.8 Å². The molecule has 0 radical (unpaired) electrons. The zero-order valence-electron chi connectivity index (χ0n) is 14.5. The second-order valence-corrected chi connectivity index (χ2v) is 6.94. The quantitative estimate of drug-likeness (QED) is 0.855. The van der Waals surface area contributed by atoms with Gasteiger partial charge in [0, 0.05) is 38.3 Å². The molecule has 2 saturated heterocycles. The summed E-state index contributed by atoms with van der Waals surface area (Å²) in [6, 6.07) is 8.10. The van der Waals surface area contributed by atoms with Gasteiger partial charge in [0.25, 0.3) is 0 Å². The van der Waals surface area contributed by atoms with Crippen molar-refractivity contribution in [3.8, 4) is 0 Å². The number of rotatable bonds is 3. The van der Waals surface area contributed by atoms with E-state index in [1.165, 1.54) is 5.56 Å². The molecule has 130 valence electrons. The number of anilines is 1. The van der Waals surface area contributed by atoms with Gasteiger partial charge >= 0.3 is 0 Å². The molecule has 2 heterocycles. The van der Waals surface area contributed by atoms with E-state index >= 15 is 0 Å². The zero-order chi connectivity index (χ0) is 17.1. The first-order chi connectivity index (χ1) is 11.6. The van der Waals surface area contributed by atoms with Crippen molar-refractivity contribution in [3.05, 3.63) is 29.8 Å². The van der Waals surface area contributed by atoms with Gasteiger partial charge in [-0.3, -0.25) is 9.59 Å². The Balaban J connectivity index is 1.67. The normalized spacial score (nSPS) is 22.1. The highest BCUT2D eigenvalue weighted by Crippen LogP contribution is 2.28. The number of ether oxygens (including phenoxy) is 1. The first-order valence-corrected chi connectivity index (χ1v) is 8.83. The van der Waals surface area contributed by atoms with Gasteiger partial charge in [-0.15, -0.1) is 0 Å². The standard InChI is InChI=1S/C19H26N2O3/c1-14(2)15-4-6-17(7-5-15)21-13-16(12-18(21)22)19(23)20-8-3-10-24-11-9-20/h4-7,14,16H,3,8-13H2,1-2H3/t16-/m1/s1. The Hall–Kier alpha value is -1.88. The molecule has 0 spiro atoms. The third-order valence-electron chi connectivity index (χ3n) is 4.88. The topological polar surface area (TPSA) is 49.9 Å². The number of hydrogen-bond donors (Lipinski definition) is 0. The number of nitrogens with zero attached hydrogens (tertiary/aromatic N) is 2. The Morgan fingerprint density at radius 2 is 1.92 bits per heavy atom. The molecule has 5 heteroatoms. The van der Waals surface area contributed by atoms with E-state index in [1.54, 1.807) is 4.90 Å². The van der Waals surface area contributed by atoms with E-state index < -0.39 is 0 Å². The Kier molecular flexibility index (Phi) is 5.19. The van der Waals surface area contributed by atoms with Crippen LogP contribution in [-0.4, -0.2) is 49.6 Å². The molecule has 2 aliphatic rings. The van der Waals surface area contributed by atoms with Crippen LogP contribution in [0.15, 0.2) is 24.3 Å². The molecule has 1 atom stereocenters. The second-order valence-electron chi connectivity index (χ2n) is 6.94. The molecule has 2 aliphatic heterocycles. The Morgan fingerprint density at radius 3 is 2.62 bits per heavy atom. The van der Waals surface area contributed by atoms with Crippen molar-refractivity contribution in [3.63, 3.8) is 0 Å². The molecule has 0 aromatic heterocycles. The van der Waals surface area contributed by atoms with Gasteiger partial charge in [-0.1, -0.05) is 26.0 Å². The van der Waals surface area contributed by atoms with Crippen LogP contribution in [0.4, 0.5) is 5.69 Å². The predicted molar refractivity (Wildman–Crippen MR) is 93.0 cm³/mol. The average molecular weight is 330 g/mol. The molecule has 0 bridgehead atoms. The first-order valence-electron chi connectivity index (χ1n) is 8.83. The predicted octanol–water partition coefficient (Wildman–Crippen LogP) is 2.41. The Morgan fingerprint density at radius 1 is 1.17 bits per heavy atom. The van der Waals surface area contributed by atoms with Gasteiger partial charge in [-0.2, -0.15) is 0 Å². The number of amides is 2. The molecule has 5 nitrogen and oxygen atoms in total. The average Bonchev–Trinajstić information content (AvgIpc) is 2.79. The van der Waals surface area contributed by atoms with Crippen LogP contribution in [0.1, 0.15) is 38.2 Å². The van der Waals surface area contributed by atoms with Crippen molar-refractivity contribution in [2.45, 2.75) is 32.6 Å². The molecule has 0 saturated carbocycles. The SMILES string of the molecule is CC(C)c1ccc(N2C[C@H](C(=O)N3CCCOCC3)CC2=O)cc1. The monoisotopic (exact) mass is 330 g/mol. The maximum atomic E-state index is 12.7. The summed E-state index contributed by atoms with van der Waals surface area (Å²) < 4.78 is 5.41. The van der Waals surface area contributed by atoms with Crippen molar-refractivity contribution in [1.82, 2.24) is 4.90 Å². The van der Waals surface area contributed by atoms with Crippen LogP contribution in [0.2, 0.25) is 0 Å². The van der Waals surface area contributed by atoms with Gasteiger partial charge < -0.3 is 14.5 Å². The van der Waals surface area contributed by atoms with Crippen LogP contribution in [0.5, 0.6) is 0 Å². The Labute approximate surface area is 143 Å². The van der Waals surface area contributed by atoms with Crippen LogP contribution < -0.4 is 4.90 Å². The van der Waals surface area contributed by atoms with Crippen LogP contribution in [0.25, 0.3) is 0 Å². The highest BCUT2D eigenvalue weighted by atomic mass is 16.5. The van der Waals surface area contributed by atoms with E-state index in [9.17, 15) is 9.59 Å². The minimum atomic E-state index is -0.236. The largest absolute Gasteiger partial charge is 0.380 e. The molecule has 0 unspecified atom stereocenters. The highest BCUT2D eigenvalue weighted by Gasteiger charge is 2.37. The minimum Gasteiger partial charge on any atom is -0.380 e. The lowest BCUT2D eigenvalue weighted by molar-refractivity contribution is -0.135. The van der Waals surface area contributed by atoms with Gasteiger partial charge in [0.1, 0.15) is 0 Å². The molecule has 24 heavy (non-hydrogen) atoms. The summed E-state index contributed by atoms with van der Waals surface area (Å²) in [6.45, 7) is 7.44. The summed E-state index contributed by atoms with van der Waals surface area (Å²) in [5.74, 6) is 0.361. The third kappa shape index (κ3) is 3.61. The molecular weight excluding hydrogens is 304 g/mol. The van der Waals surface area contributed by atoms with E-state index in [4.69, 9.17) is 4.74 Å². The lowest BCUT2D eigenvalue weighted by Gasteiger charge is -2.23. The second kappa shape index (κ2) is 7.34. The molecule has 2 fully saturated rings. The van der Waals surface area contributed by atoms with Gasteiger partial charge in [0.15, 0.2) is 0 Å². The van der Waals surface area contributed by atoms with Gasteiger partial charge in [-0.25, -0.2) is 0 Å². The van der Waals surface area contributed by atoms with Crippen molar-refractivity contribution in [2.24, 2.45) is 5.92 Å². The van der Waals surface area contributed by atoms with Gasteiger partial charge in [0.05, 0.1) is 12.5 Å². The van der Waals surface area contributed by atoms with Crippen LogP contribution in [0, 0.1) is 5.92 Å². The first kappa shape index (κ1) is 17.0. The van der Waals surface area contributed by atoms with Crippen LogP contribution in [0.3, 0.4) is 0 Å². The molecule has 2 amide bonds. The number of benzene rings is 1. The van der Waals surface area contributed by atoms with Crippen LogP contribution in [-0.2, 0) is 14.3 Å². The van der Waals surface area contributed by atoms with E-state index in [2.05, 4.69) is 26.0 Å². The van der Waals surface area contributed by atoms with Crippen molar-refractivity contribution in [1.29, 1.82) is 0 Å². The summed E-state index contributed by atoms with van der Waals surface area (Å²) in [6.07, 6.45) is 1.18. The summed E-state index contributed by atoms with van der Waals surface area (Å²) in [7, 11) is 0. The number of carbonyl (C=O) groups excluding carboxylic acids is 2. The summed E-state index contributed by atoms with van der Waals surface area (Å²) in [5.41, 5.74) is 2.14. The maximum Gasteiger partial charge on any atom is 0.228 e. The minimum absolute atomic E-state index is 0.0386. The fraction of sp³-hybridized carbons (Fsp3) is 0.579. The fourth-order valence-corrected chi connectivity index (χ4v) is 3.39. The van der Waals surface area contributed by atoms with E-state index in [-0.39, 0.29) is 17.7 Å². The Bertz CT molecular complexity index is 589.